The molecule has 0 unspecified atom stereocenters. The van der Waals surface area contributed by atoms with Crippen LogP contribution in [0.25, 0.3) is 32.2 Å². The highest BCUT2D eigenvalue weighted by atomic mass is 32.1. The number of hydrogen-bond acceptors (Lipinski definition) is 13. The molecule has 0 fully saturated rings. The fraction of sp³-hybridized carbons (Fsp3) is 0.250. The number of aliphatic hydroxyl groups excluding tert-OH is 1. The molecule has 9 nitrogen and oxygen atoms in total. The van der Waals surface area contributed by atoms with E-state index >= 15 is 0 Å². The van der Waals surface area contributed by atoms with Crippen molar-refractivity contribution in [3.05, 3.63) is 55.4 Å². The van der Waals surface area contributed by atoms with Gasteiger partial charge in [0.05, 0.1) is 30.6 Å². The fourth-order valence-electron chi connectivity index (χ4n) is 2.72. The van der Waals surface area contributed by atoms with Crippen molar-refractivity contribution in [1.82, 2.24) is 19.9 Å². The van der Waals surface area contributed by atoms with E-state index in [0.717, 1.165) is 15.6 Å². The molecule has 0 amide bonds. The molecule has 0 saturated carbocycles. The summed E-state index contributed by atoms with van der Waals surface area (Å²) in [5.41, 5.74) is 1.73. The topological polar surface area (TPSA) is 124 Å². The Balaban J connectivity index is 0.000000211. The van der Waals surface area contributed by atoms with Crippen molar-refractivity contribution in [2.75, 3.05) is 27.5 Å². The number of allylic oxidation sites excluding steroid dienone is 1. The Kier molecular flexibility index (Phi) is 10.9. The van der Waals surface area contributed by atoms with E-state index in [9.17, 15) is 14.0 Å². The number of rotatable bonds is 8. The Morgan fingerprint density at radius 2 is 1.29 bits per heavy atom. The molecule has 0 atom stereocenters. The van der Waals surface area contributed by atoms with E-state index in [2.05, 4.69) is 24.7 Å². The summed E-state index contributed by atoms with van der Waals surface area (Å²) >= 11 is 5.54. The molecule has 0 aliphatic heterocycles. The number of carbonyl (C=O) groups is 2. The summed E-state index contributed by atoms with van der Waals surface area (Å²) in [6.07, 6.45) is 6.71. The number of nitrogens with zero attached hydrogens (tertiary/aromatic N) is 4. The van der Waals surface area contributed by atoms with Crippen molar-refractivity contribution in [2.24, 2.45) is 0 Å². The summed E-state index contributed by atoms with van der Waals surface area (Å²) in [5, 5.41) is 15.5. The average molecular weight is 595 g/mol. The van der Waals surface area contributed by atoms with Gasteiger partial charge in [-0.1, -0.05) is 0 Å². The summed E-state index contributed by atoms with van der Waals surface area (Å²) in [4.78, 5) is 41.5. The van der Waals surface area contributed by atoms with Gasteiger partial charge in [0.15, 0.2) is 31.4 Å². The lowest BCUT2D eigenvalue weighted by atomic mass is 10.2. The lowest BCUT2D eigenvalue weighted by Gasteiger charge is -1.97. The molecule has 0 bridgehead atoms. The lowest BCUT2D eigenvalue weighted by Crippen LogP contribution is -2.03. The molecule has 0 aromatic carbocycles. The minimum absolute atomic E-state index is 0.0644. The van der Waals surface area contributed by atoms with Crippen molar-refractivity contribution in [1.29, 1.82) is 0 Å². The van der Waals surface area contributed by atoms with E-state index in [1.165, 1.54) is 59.6 Å². The quantitative estimate of drug-likeness (QED) is 0.249. The number of carbonyl (C=O) groups excluding carboxylic acids is 2. The van der Waals surface area contributed by atoms with Crippen LogP contribution in [-0.2, 0) is 9.47 Å². The maximum absolute atomic E-state index is 12.6. The van der Waals surface area contributed by atoms with Crippen LogP contribution in [0.4, 0.5) is 4.39 Å². The second kappa shape index (κ2) is 14.1. The van der Waals surface area contributed by atoms with E-state index in [1.807, 2.05) is 10.8 Å². The summed E-state index contributed by atoms with van der Waals surface area (Å²) in [7, 11) is 2.61. The highest BCUT2D eigenvalue weighted by molar-refractivity contribution is 7.21. The highest BCUT2D eigenvalue weighted by Gasteiger charge is 2.20. The van der Waals surface area contributed by atoms with Crippen LogP contribution < -0.4 is 0 Å². The van der Waals surface area contributed by atoms with Crippen LogP contribution in [0.2, 0.25) is 0 Å². The third kappa shape index (κ3) is 7.45. The predicted octanol–water partition coefficient (Wildman–Crippen LogP) is 5.87. The number of methoxy groups -OCH3 is 2. The zero-order valence-electron chi connectivity index (χ0n) is 20.8. The van der Waals surface area contributed by atoms with E-state index < -0.39 is 18.6 Å². The molecule has 4 aromatic rings. The van der Waals surface area contributed by atoms with Crippen molar-refractivity contribution in [3.8, 4) is 20.0 Å². The molecule has 4 rings (SSSR count). The van der Waals surface area contributed by atoms with Crippen molar-refractivity contribution in [3.63, 3.8) is 0 Å². The number of aromatic nitrogens is 4. The van der Waals surface area contributed by atoms with E-state index in [1.54, 1.807) is 38.4 Å². The maximum Gasteiger partial charge on any atom is 0.358 e. The van der Waals surface area contributed by atoms with Crippen LogP contribution in [0, 0.1) is 0 Å². The van der Waals surface area contributed by atoms with Crippen molar-refractivity contribution >= 4 is 69.4 Å². The van der Waals surface area contributed by atoms with Gasteiger partial charge in [-0.3, -0.25) is 0 Å². The molecule has 0 saturated heterocycles. The summed E-state index contributed by atoms with van der Waals surface area (Å²) in [5.74, 6) is -1.02. The SMILES string of the molecule is COC(=O)c1nc(-c2nccs2)sc1/C=C(\C)CF.COC(=O)c1nc(-c2nccs2)sc1/C=C(\C)CO. The number of halogens is 1. The minimum atomic E-state index is -0.564. The van der Waals surface area contributed by atoms with Gasteiger partial charge in [-0.05, 0) is 37.1 Å². The molecule has 200 valence electrons. The minimum Gasteiger partial charge on any atom is -0.464 e. The van der Waals surface area contributed by atoms with Gasteiger partial charge in [0.2, 0.25) is 0 Å². The number of hydrogen-bond donors (Lipinski definition) is 1. The first-order valence-corrected chi connectivity index (χ1v) is 14.2. The van der Waals surface area contributed by atoms with Gasteiger partial charge in [0.25, 0.3) is 0 Å². The molecular formula is C24H23FN4O5S4. The second-order valence-corrected chi connectivity index (χ2v) is 11.2. The molecule has 38 heavy (non-hydrogen) atoms. The molecule has 4 heterocycles. The molecule has 0 aliphatic rings. The Bertz CT molecular complexity index is 1320. The van der Waals surface area contributed by atoms with Gasteiger partial charge in [-0.2, -0.15) is 0 Å². The van der Waals surface area contributed by atoms with Crippen LogP contribution in [-0.4, -0.2) is 64.5 Å². The molecule has 4 aromatic heterocycles. The number of ether oxygens (including phenoxy) is 2. The average Bonchev–Trinajstić information content (AvgIpc) is 3.74. The molecule has 0 radical (unpaired) electrons. The highest BCUT2D eigenvalue weighted by Crippen LogP contribution is 2.32. The van der Waals surface area contributed by atoms with Crippen LogP contribution in [0.1, 0.15) is 44.6 Å². The van der Waals surface area contributed by atoms with Crippen LogP contribution in [0.5, 0.6) is 0 Å². The summed E-state index contributed by atoms with van der Waals surface area (Å²) in [6.45, 7) is 2.81. The van der Waals surface area contributed by atoms with Crippen molar-refractivity contribution < 1.29 is 28.6 Å². The first-order chi connectivity index (χ1) is 18.3. The van der Waals surface area contributed by atoms with Gasteiger partial charge in [-0.15, -0.1) is 45.3 Å². The first-order valence-electron chi connectivity index (χ1n) is 10.8. The Labute approximate surface area is 234 Å². The van der Waals surface area contributed by atoms with Crippen LogP contribution in [0.3, 0.4) is 0 Å². The molecule has 0 aliphatic carbocycles. The summed E-state index contributed by atoms with van der Waals surface area (Å²) < 4.78 is 22.0. The molecular weight excluding hydrogens is 572 g/mol. The normalized spacial score (nSPS) is 11.6. The zero-order valence-corrected chi connectivity index (χ0v) is 24.0. The molecule has 14 heteroatoms. The van der Waals surface area contributed by atoms with Crippen molar-refractivity contribution in [2.45, 2.75) is 13.8 Å². The smallest absolute Gasteiger partial charge is 0.358 e. The van der Waals surface area contributed by atoms with E-state index in [-0.39, 0.29) is 18.0 Å². The number of aliphatic hydroxyl groups is 1. The largest absolute Gasteiger partial charge is 0.464 e. The standard InChI is InChI=1S/C12H11FN2O2S2.C12H12N2O3S2/c1-7(6-13)5-8-9(12(16)17-2)15-11(19-8)10-14-3-4-18-10;1-7(6-15)5-8-9(12(16)17-2)14-11(19-8)10-13-3-4-18-10/h3-5H,6H2,1-2H3;3-5,15H,6H2,1-2H3/b2*7-5+. The van der Waals surface area contributed by atoms with Crippen LogP contribution in [0.15, 0.2) is 34.3 Å². The molecule has 1 N–H and O–H groups in total. The zero-order chi connectivity index (χ0) is 27.7. The third-order valence-corrected chi connectivity index (χ3v) is 8.35. The monoisotopic (exact) mass is 594 g/mol. The van der Waals surface area contributed by atoms with E-state index in [0.29, 0.717) is 25.3 Å². The first kappa shape index (κ1) is 29.4. The third-order valence-electron chi connectivity index (χ3n) is 4.51. The Hall–Kier alpha value is -3.17. The van der Waals surface area contributed by atoms with Gasteiger partial charge in [0.1, 0.15) is 6.67 Å². The maximum atomic E-state index is 12.6. The number of thiazole rings is 4. The second-order valence-electron chi connectivity index (χ2n) is 7.39. The van der Waals surface area contributed by atoms with E-state index in [4.69, 9.17) is 9.84 Å². The van der Waals surface area contributed by atoms with Crippen LogP contribution >= 0.6 is 45.3 Å². The Morgan fingerprint density at radius 3 is 1.63 bits per heavy atom. The van der Waals surface area contributed by atoms with Gasteiger partial charge in [-0.25, -0.2) is 33.9 Å². The number of esters is 2. The lowest BCUT2D eigenvalue weighted by molar-refractivity contribution is 0.0586. The Morgan fingerprint density at radius 1 is 0.842 bits per heavy atom. The summed E-state index contributed by atoms with van der Waals surface area (Å²) in [6, 6.07) is 0. The fourth-order valence-corrected chi connectivity index (χ4v) is 6.24. The predicted molar refractivity (Wildman–Crippen MR) is 149 cm³/mol. The number of alkyl halides is 1. The van der Waals surface area contributed by atoms with Gasteiger partial charge < -0.3 is 14.6 Å². The molecule has 0 spiro atoms. The van der Waals surface area contributed by atoms with Gasteiger partial charge in [0, 0.05) is 23.2 Å². The van der Waals surface area contributed by atoms with Gasteiger partial charge >= 0.3 is 11.9 Å².